The van der Waals surface area contributed by atoms with Gasteiger partial charge in [0, 0.05) is 37.3 Å². The number of phenolic OH excluding ortho intramolecular Hbond substituents is 1. The highest BCUT2D eigenvalue weighted by atomic mass is 16.5. The molecule has 6 rings (SSSR count). The van der Waals surface area contributed by atoms with Crippen LogP contribution >= 0.6 is 0 Å². The fourth-order valence-electron chi connectivity index (χ4n) is 7.45. The second-order valence-electron chi connectivity index (χ2n) is 10.9. The zero-order valence-corrected chi connectivity index (χ0v) is 21.2. The minimum absolute atomic E-state index is 0.0447. The first-order chi connectivity index (χ1) is 17.7. The Bertz CT molecular complexity index is 1350. The van der Waals surface area contributed by atoms with E-state index in [0.29, 0.717) is 43.5 Å². The van der Waals surface area contributed by atoms with Crippen molar-refractivity contribution in [2.45, 2.75) is 55.4 Å². The van der Waals surface area contributed by atoms with E-state index in [1.807, 2.05) is 36.1 Å². The molecule has 192 valence electrons. The second kappa shape index (κ2) is 8.30. The van der Waals surface area contributed by atoms with Crippen molar-refractivity contribution in [2.75, 3.05) is 20.1 Å². The van der Waals surface area contributed by atoms with Crippen molar-refractivity contribution in [1.29, 1.82) is 0 Å². The van der Waals surface area contributed by atoms with Crippen LogP contribution in [0, 0.1) is 6.92 Å². The summed E-state index contributed by atoms with van der Waals surface area (Å²) in [7, 11) is 1.76. The number of rotatable bonds is 5. The predicted octanol–water partition coefficient (Wildman–Crippen LogP) is 3.22. The number of likely N-dealkylation sites (tertiary alicyclic amines) is 1. The number of phenols is 1. The normalized spacial score (nSPS) is 31.6. The van der Waals surface area contributed by atoms with Crippen molar-refractivity contribution in [3.05, 3.63) is 77.4 Å². The average molecular weight is 501 g/mol. The van der Waals surface area contributed by atoms with Crippen LogP contribution in [0.5, 0.6) is 11.5 Å². The number of amides is 1. The Labute approximate surface area is 216 Å². The van der Waals surface area contributed by atoms with E-state index >= 15 is 0 Å². The molecule has 2 aromatic rings. The summed E-state index contributed by atoms with van der Waals surface area (Å²) in [4.78, 5) is 30.8. The molecule has 7 heteroatoms. The fourth-order valence-corrected chi connectivity index (χ4v) is 7.45. The van der Waals surface area contributed by atoms with E-state index < -0.39 is 23.2 Å². The number of hydrogen-bond donors (Lipinski definition) is 2. The summed E-state index contributed by atoms with van der Waals surface area (Å²) in [5, 5.41) is 23.2. The van der Waals surface area contributed by atoms with Gasteiger partial charge in [-0.3, -0.25) is 14.5 Å². The lowest BCUT2D eigenvalue weighted by atomic mass is 9.48. The zero-order chi connectivity index (χ0) is 26.1. The summed E-state index contributed by atoms with van der Waals surface area (Å²) in [5.74, 6) is -0.0845. The van der Waals surface area contributed by atoms with Crippen molar-refractivity contribution in [3.8, 4) is 11.5 Å². The number of ketones is 1. The lowest BCUT2D eigenvalue weighted by molar-refractivity contribution is -0.186. The van der Waals surface area contributed by atoms with Crippen LogP contribution in [-0.2, 0) is 10.2 Å². The third kappa shape index (κ3) is 3.14. The number of piperidine rings is 1. The van der Waals surface area contributed by atoms with Crippen LogP contribution in [0.4, 0.5) is 0 Å². The van der Waals surface area contributed by atoms with E-state index in [-0.39, 0.29) is 29.2 Å². The maximum absolute atomic E-state index is 13.8. The number of aryl methyl sites for hydroxylation is 1. The number of carbonyl (C=O) groups is 2. The van der Waals surface area contributed by atoms with Gasteiger partial charge in [-0.2, -0.15) is 0 Å². The fraction of sp³-hybridized carbons (Fsp3) is 0.400. The Hall–Kier alpha value is -3.42. The third-order valence-corrected chi connectivity index (χ3v) is 9.05. The molecule has 2 aromatic carbocycles. The van der Waals surface area contributed by atoms with Gasteiger partial charge in [-0.25, -0.2) is 0 Å². The highest BCUT2D eigenvalue weighted by molar-refractivity contribution is 6.06. The standard InChI is InChI=1S/C30H32N2O5/c1-4-15-32-16-14-29-24-20-9-10-22(33)26(24)37-28(29)21(12-13-30(29,36)27(32)25(20)35)31(3)23(34)11-8-19-7-5-6-18(2)17-19/h4-11,17,21,27-28,33,36H,1,12-16H2,2-3H3/b11-8+/t21?,27-,28?,29+,30-/m1/s1. The Balaban J connectivity index is 1.41. The van der Waals surface area contributed by atoms with Gasteiger partial charge in [0.15, 0.2) is 17.3 Å². The van der Waals surface area contributed by atoms with Gasteiger partial charge in [-0.15, -0.1) is 6.58 Å². The van der Waals surface area contributed by atoms with Crippen molar-refractivity contribution in [3.63, 3.8) is 0 Å². The summed E-state index contributed by atoms with van der Waals surface area (Å²) < 4.78 is 6.46. The van der Waals surface area contributed by atoms with Gasteiger partial charge in [-0.1, -0.05) is 35.9 Å². The first-order valence-electron chi connectivity index (χ1n) is 12.9. The molecule has 4 aliphatic rings. The Morgan fingerprint density at radius 2 is 2.11 bits per heavy atom. The molecule has 0 radical (unpaired) electrons. The SMILES string of the molecule is C=CCN1CC[C@]23c4c5ccc(O)c4OC2C(N(C)C(=O)/C=C/c2cccc(C)c2)CC[C@@]3(O)[C@H]1C5=O. The number of carbonyl (C=O) groups excluding carboxylic acids is 2. The van der Waals surface area contributed by atoms with Crippen LogP contribution in [-0.4, -0.2) is 75.6 Å². The van der Waals surface area contributed by atoms with Crippen molar-refractivity contribution < 1.29 is 24.5 Å². The van der Waals surface area contributed by atoms with Gasteiger partial charge in [0.25, 0.3) is 0 Å². The quantitative estimate of drug-likeness (QED) is 0.484. The molecule has 37 heavy (non-hydrogen) atoms. The van der Waals surface area contributed by atoms with E-state index in [9.17, 15) is 19.8 Å². The lowest BCUT2D eigenvalue weighted by Gasteiger charge is -2.63. The molecule has 2 aliphatic heterocycles. The van der Waals surface area contributed by atoms with Crippen molar-refractivity contribution in [2.24, 2.45) is 0 Å². The maximum Gasteiger partial charge on any atom is 0.246 e. The van der Waals surface area contributed by atoms with Crippen LogP contribution < -0.4 is 4.74 Å². The van der Waals surface area contributed by atoms with E-state index in [0.717, 1.165) is 11.1 Å². The predicted molar refractivity (Wildman–Crippen MR) is 140 cm³/mol. The van der Waals surface area contributed by atoms with Crippen LogP contribution in [0.1, 0.15) is 46.3 Å². The molecule has 2 fully saturated rings. The summed E-state index contributed by atoms with van der Waals surface area (Å²) in [5.41, 5.74) is 0.892. The van der Waals surface area contributed by atoms with Gasteiger partial charge < -0.3 is 19.8 Å². The van der Waals surface area contributed by atoms with Gasteiger partial charge >= 0.3 is 0 Å². The number of aromatic hydroxyl groups is 1. The molecule has 1 spiro atoms. The number of likely N-dealkylation sites (N-methyl/N-ethyl adjacent to an activating group) is 1. The first kappa shape index (κ1) is 23.9. The number of ether oxygens (including phenoxy) is 1. The molecule has 5 atom stereocenters. The Kier molecular flexibility index (Phi) is 5.37. The molecule has 1 saturated heterocycles. The van der Waals surface area contributed by atoms with Crippen LogP contribution in [0.3, 0.4) is 0 Å². The summed E-state index contributed by atoms with van der Waals surface area (Å²) in [6.45, 7) is 6.93. The monoisotopic (exact) mass is 500 g/mol. The Morgan fingerprint density at radius 1 is 1.30 bits per heavy atom. The third-order valence-electron chi connectivity index (χ3n) is 9.05. The number of nitrogens with zero attached hydrogens (tertiary/aromatic N) is 2. The second-order valence-corrected chi connectivity index (χ2v) is 10.9. The summed E-state index contributed by atoms with van der Waals surface area (Å²) >= 11 is 0. The largest absolute Gasteiger partial charge is 0.504 e. The van der Waals surface area contributed by atoms with Gasteiger partial charge in [-0.05, 0) is 50.0 Å². The van der Waals surface area contributed by atoms with Gasteiger partial charge in [0.05, 0.1) is 11.5 Å². The number of benzene rings is 2. The van der Waals surface area contributed by atoms with Crippen LogP contribution in [0.2, 0.25) is 0 Å². The minimum Gasteiger partial charge on any atom is -0.504 e. The van der Waals surface area contributed by atoms with Gasteiger partial charge in [0.2, 0.25) is 5.91 Å². The number of Topliss-reactive ketones (excluding diaryl/α,β-unsaturated/α-hetero) is 1. The summed E-state index contributed by atoms with van der Waals surface area (Å²) in [6, 6.07) is 10.0. The molecule has 0 aromatic heterocycles. The highest BCUT2D eigenvalue weighted by Crippen LogP contribution is 2.65. The van der Waals surface area contributed by atoms with Crippen molar-refractivity contribution >= 4 is 17.8 Å². The number of hydrogen-bond acceptors (Lipinski definition) is 6. The number of aliphatic hydroxyl groups is 1. The van der Waals surface area contributed by atoms with Gasteiger partial charge in [0.1, 0.15) is 17.7 Å². The summed E-state index contributed by atoms with van der Waals surface area (Å²) in [6.07, 6.45) is 5.91. The molecule has 2 heterocycles. The molecule has 1 saturated carbocycles. The smallest absolute Gasteiger partial charge is 0.246 e. The van der Waals surface area contributed by atoms with Crippen LogP contribution in [0.15, 0.2) is 55.1 Å². The lowest BCUT2D eigenvalue weighted by Crippen LogP contribution is -2.79. The molecule has 1 amide bonds. The zero-order valence-electron chi connectivity index (χ0n) is 21.2. The molecule has 2 N–H and O–H groups in total. The topological polar surface area (TPSA) is 90.3 Å². The average Bonchev–Trinajstić information content (AvgIpc) is 3.22. The molecule has 2 aliphatic carbocycles. The molecule has 7 nitrogen and oxygen atoms in total. The van der Waals surface area contributed by atoms with Crippen LogP contribution in [0.25, 0.3) is 6.08 Å². The van der Waals surface area contributed by atoms with E-state index in [1.165, 1.54) is 6.07 Å². The molecule has 2 bridgehead atoms. The van der Waals surface area contributed by atoms with Crippen molar-refractivity contribution in [1.82, 2.24) is 9.80 Å². The minimum atomic E-state index is -1.38. The van der Waals surface area contributed by atoms with E-state index in [4.69, 9.17) is 4.74 Å². The Morgan fingerprint density at radius 3 is 2.86 bits per heavy atom. The molecular formula is C30H32N2O5. The molecular weight excluding hydrogens is 468 g/mol. The molecule has 2 unspecified atom stereocenters. The van der Waals surface area contributed by atoms with E-state index in [1.54, 1.807) is 36.2 Å². The maximum atomic E-state index is 13.8. The first-order valence-corrected chi connectivity index (χ1v) is 12.9. The highest BCUT2D eigenvalue weighted by Gasteiger charge is 2.75. The van der Waals surface area contributed by atoms with E-state index in [2.05, 4.69) is 6.58 Å².